The molecule has 1 aliphatic heterocycles. The van der Waals surface area contributed by atoms with Gasteiger partial charge in [0.1, 0.15) is 17.3 Å². The van der Waals surface area contributed by atoms with Crippen molar-refractivity contribution >= 4 is 16.9 Å². The highest BCUT2D eigenvalue weighted by atomic mass is 19.1. The molecule has 2 N–H and O–H groups in total. The minimum absolute atomic E-state index is 0.0380. The maximum atomic E-state index is 15.0. The first-order chi connectivity index (χ1) is 15.3. The van der Waals surface area contributed by atoms with Gasteiger partial charge < -0.3 is 15.0 Å². The van der Waals surface area contributed by atoms with Gasteiger partial charge in [-0.2, -0.15) is 4.39 Å². The van der Waals surface area contributed by atoms with E-state index in [0.717, 1.165) is 0 Å². The van der Waals surface area contributed by atoms with Gasteiger partial charge in [0.15, 0.2) is 11.6 Å². The number of carbonyl (C=O) groups is 1. The molecule has 168 valence electrons. The summed E-state index contributed by atoms with van der Waals surface area (Å²) >= 11 is 0. The number of ether oxygens (including phenoxy) is 1. The van der Waals surface area contributed by atoms with Crippen LogP contribution in [-0.2, 0) is 13.0 Å². The van der Waals surface area contributed by atoms with Gasteiger partial charge in [-0.3, -0.25) is 19.5 Å². The number of pyridine rings is 3. The molecule has 0 saturated carbocycles. The number of nitrogens with one attached hydrogen (secondary N) is 2. The van der Waals surface area contributed by atoms with Gasteiger partial charge in [-0.25, -0.2) is 9.37 Å². The molecule has 32 heavy (non-hydrogen) atoms. The molecule has 0 radical (unpaired) electrons. The molecule has 3 aromatic rings. The third kappa shape index (κ3) is 3.93. The van der Waals surface area contributed by atoms with Gasteiger partial charge in [-0.1, -0.05) is 6.92 Å². The number of aromatic amines is 1. The second-order valence-corrected chi connectivity index (χ2v) is 7.73. The lowest BCUT2D eigenvalue weighted by Crippen LogP contribution is -2.60. The Morgan fingerprint density at radius 1 is 1.34 bits per heavy atom. The Hall–Kier alpha value is -3.40. The number of rotatable bonds is 6. The van der Waals surface area contributed by atoms with Crippen LogP contribution in [-0.4, -0.2) is 51.5 Å². The van der Waals surface area contributed by atoms with E-state index in [4.69, 9.17) is 4.74 Å². The fourth-order valence-electron chi connectivity index (χ4n) is 3.70. The zero-order valence-corrected chi connectivity index (χ0v) is 17.9. The molecule has 8 nitrogen and oxygen atoms in total. The van der Waals surface area contributed by atoms with E-state index in [1.54, 1.807) is 6.07 Å². The second-order valence-electron chi connectivity index (χ2n) is 7.73. The first-order valence-corrected chi connectivity index (χ1v) is 10.3. The van der Waals surface area contributed by atoms with Gasteiger partial charge in [0, 0.05) is 43.5 Å². The zero-order chi connectivity index (χ0) is 23.0. The van der Waals surface area contributed by atoms with Gasteiger partial charge in [-0.05, 0) is 31.5 Å². The monoisotopic (exact) mass is 443 g/mol. The highest BCUT2D eigenvalue weighted by molar-refractivity contribution is 5.92. The third-order valence-electron chi connectivity index (χ3n) is 5.79. The van der Waals surface area contributed by atoms with Crippen molar-refractivity contribution < 1.29 is 18.3 Å². The Kier molecular flexibility index (Phi) is 5.88. The number of fused-ring (bicyclic) bond motifs is 1. The molecule has 0 bridgehead atoms. The highest BCUT2D eigenvalue weighted by Gasteiger charge is 2.38. The lowest BCUT2D eigenvalue weighted by molar-refractivity contribution is -0.0437. The minimum atomic E-state index is -0.864. The van der Waals surface area contributed by atoms with Crippen LogP contribution in [0.3, 0.4) is 0 Å². The predicted molar refractivity (Wildman–Crippen MR) is 114 cm³/mol. The van der Waals surface area contributed by atoms with Crippen LogP contribution in [0.25, 0.3) is 11.0 Å². The standard InChI is InChI=1S/C22H23F2N5O3/c1-4-12-7-15-19(28-21(12)30)18(23)13(8-26-15)9-29-10-17(11(29)2)32-16-6-5-14(22(31)25-3)27-20(16)24/h5-8,11,17H,4,9-10H2,1-3H3,(H,25,31)(H,28,30)/t11-,17-/m0/s1. The Balaban J connectivity index is 1.45. The number of H-pyrrole nitrogens is 1. The van der Waals surface area contributed by atoms with E-state index in [9.17, 15) is 14.0 Å². The molecule has 2 atom stereocenters. The van der Waals surface area contributed by atoms with E-state index < -0.39 is 17.7 Å². The molecule has 4 rings (SSSR count). The lowest BCUT2D eigenvalue weighted by Gasteiger charge is -2.45. The smallest absolute Gasteiger partial charge is 0.269 e. The Morgan fingerprint density at radius 2 is 2.12 bits per heavy atom. The number of hydrogen-bond donors (Lipinski definition) is 2. The summed E-state index contributed by atoms with van der Waals surface area (Å²) in [6.45, 7) is 4.45. The number of halogens is 2. The van der Waals surface area contributed by atoms with Crippen molar-refractivity contribution in [2.75, 3.05) is 13.6 Å². The molecule has 0 aromatic carbocycles. The normalized spacial score (nSPS) is 18.4. The van der Waals surface area contributed by atoms with Crippen molar-refractivity contribution in [1.82, 2.24) is 25.2 Å². The summed E-state index contributed by atoms with van der Waals surface area (Å²) in [6.07, 6.45) is 1.69. The van der Waals surface area contributed by atoms with Crippen LogP contribution in [0.1, 0.15) is 35.5 Å². The number of carbonyl (C=O) groups excluding carboxylic acids is 1. The van der Waals surface area contributed by atoms with Gasteiger partial charge >= 0.3 is 0 Å². The average Bonchev–Trinajstić information content (AvgIpc) is 2.79. The number of likely N-dealkylation sites (tertiary alicyclic amines) is 1. The van der Waals surface area contributed by atoms with Crippen molar-refractivity contribution in [1.29, 1.82) is 0 Å². The van der Waals surface area contributed by atoms with Crippen LogP contribution >= 0.6 is 0 Å². The molecule has 1 fully saturated rings. The molecule has 4 heterocycles. The van der Waals surface area contributed by atoms with Crippen molar-refractivity contribution in [3.8, 4) is 5.75 Å². The largest absolute Gasteiger partial charge is 0.483 e. The van der Waals surface area contributed by atoms with Gasteiger partial charge in [0.2, 0.25) is 0 Å². The summed E-state index contributed by atoms with van der Waals surface area (Å²) in [5.74, 6) is -1.91. The maximum absolute atomic E-state index is 15.0. The maximum Gasteiger partial charge on any atom is 0.269 e. The van der Waals surface area contributed by atoms with Crippen LogP contribution in [0.2, 0.25) is 0 Å². The van der Waals surface area contributed by atoms with E-state index in [-0.39, 0.29) is 41.2 Å². The summed E-state index contributed by atoms with van der Waals surface area (Å²) < 4.78 is 34.9. The second kappa shape index (κ2) is 8.62. The predicted octanol–water partition coefficient (Wildman–Crippen LogP) is 2.17. The van der Waals surface area contributed by atoms with E-state index in [0.29, 0.717) is 29.6 Å². The minimum Gasteiger partial charge on any atom is -0.483 e. The van der Waals surface area contributed by atoms with Crippen molar-refractivity contribution in [2.24, 2.45) is 0 Å². The average molecular weight is 443 g/mol. The molecule has 1 saturated heterocycles. The van der Waals surface area contributed by atoms with Crippen molar-refractivity contribution in [3.05, 3.63) is 63.3 Å². The molecular weight excluding hydrogens is 420 g/mol. The number of aromatic nitrogens is 3. The topological polar surface area (TPSA) is 100 Å². The van der Waals surface area contributed by atoms with Gasteiger partial charge in [-0.15, -0.1) is 0 Å². The fraction of sp³-hybridized carbons (Fsp3) is 0.364. The molecule has 0 aliphatic carbocycles. The molecule has 0 spiro atoms. The van der Waals surface area contributed by atoms with E-state index in [1.165, 1.54) is 25.4 Å². The number of hydrogen-bond acceptors (Lipinski definition) is 6. The van der Waals surface area contributed by atoms with Gasteiger partial charge in [0.05, 0.1) is 5.52 Å². The summed E-state index contributed by atoms with van der Waals surface area (Å²) in [5.41, 5.74) is 1.05. The van der Waals surface area contributed by atoms with Crippen LogP contribution in [0.15, 0.2) is 29.2 Å². The number of amides is 1. The summed E-state index contributed by atoms with van der Waals surface area (Å²) in [5, 5.41) is 2.38. The summed E-state index contributed by atoms with van der Waals surface area (Å²) in [7, 11) is 1.44. The first kappa shape index (κ1) is 21.8. The quantitative estimate of drug-likeness (QED) is 0.567. The van der Waals surface area contributed by atoms with Crippen LogP contribution in [0.5, 0.6) is 5.75 Å². The molecule has 1 aliphatic rings. The summed E-state index contributed by atoms with van der Waals surface area (Å²) in [6, 6.07) is 4.24. The molecule has 3 aromatic heterocycles. The van der Waals surface area contributed by atoms with Crippen LogP contribution in [0.4, 0.5) is 8.78 Å². The first-order valence-electron chi connectivity index (χ1n) is 10.3. The fourth-order valence-corrected chi connectivity index (χ4v) is 3.70. The number of nitrogens with zero attached hydrogens (tertiary/aromatic N) is 3. The third-order valence-corrected chi connectivity index (χ3v) is 5.79. The van der Waals surface area contributed by atoms with E-state index >= 15 is 4.39 Å². The SMILES string of the molecule is CCc1cc2ncc(CN3C[C@H](Oc4ccc(C(=O)NC)nc4F)[C@@H]3C)c(F)c2[nH]c1=O. The molecular formula is C22H23F2N5O3. The van der Waals surface area contributed by atoms with Gasteiger partial charge in [0.25, 0.3) is 17.4 Å². The zero-order valence-electron chi connectivity index (χ0n) is 17.9. The Bertz CT molecular complexity index is 1250. The number of aryl methyl sites for hydroxylation is 1. The Morgan fingerprint density at radius 3 is 2.78 bits per heavy atom. The lowest BCUT2D eigenvalue weighted by atomic mass is 9.99. The Labute approximate surface area is 182 Å². The highest BCUT2D eigenvalue weighted by Crippen LogP contribution is 2.28. The van der Waals surface area contributed by atoms with E-state index in [2.05, 4.69) is 20.3 Å². The van der Waals surface area contributed by atoms with Crippen LogP contribution < -0.4 is 15.6 Å². The molecule has 0 unspecified atom stereocenters. The molecule has 10 heteroatoms. The summed E-state index contributed by atoms with van der Waals surface area (Å²) in [4.78, 5) is 36.1. The van der Waals surface area contributed by atoms with Crippen LogP contribution in [0, 0.1) is 11.8 Å². The van der Waals surface area contributed by atoms with Crippen molar-refractivity contribution in [2.45, 2.75) is 39.0 Å². The van der Waals surface area contributed by atoms with Crippen molar-refractivity contribution in [3.63, 3.8) is 0 Å². The molecule has 1 amide bonds. The van der Waals surface area contributed by atoms with E-state index in [1.807, 2.05) is 18.7 Å².